The lowest BCUT2D eigenvalue weighted by atomic mass is 9.90. The Kier molecular flexibility index (Phi) is 2.90. The van der Waals surface area contributed by atoms with Crippen molar-refractivity contribution in [3.63, 3.8) is 0 Å². The summed E-state index contributed by atoms with van der Waals surface area (Å²) in [6, 6.07) is 6.49. The predicted octanol–water partition coefficient (Wildman–Crippen LogP) is 3.21. The summed E-state index contributed by atoms with van der Waals surface area (Å²) in [5.74, 6) is -0.248. The topological polar surface area (TPSA) is 24.4 Å². The van der Waals surface area contributed by atoms with Crippen LogP contribution in [-0.4, -0.2) is 16.4 Å². The Morgan fingerprint density at radius 1 is 1.22 bits per heavy atom. The Morgan fingerprint density at radius 2 is 2.00 bits per heavy atom. The summed E-state index contributed by atoms with van der Waals surface area (Å²) < 4.78 is 13.3. The van der Waals surface area contributed by atoms with Gasteiger partial charge in [-0.15, -0.1) is 0 Å². The molecule has 3 rings (SSSR count). The third-order valence-corrected chi connectivity index (χ3v) is 3.96. The van der Waals surface area contributed by atoms with Gasteiger partial charge >= 0.3 is 0 Å². The maximum Gasteiger partial charge on any atom is 0.131 e. The van der Waals surface area contributed by atoms with Crippen molar-refractivity contribution in [2.45, 2.75) is 37.8 Å². The first-order valence-electron chi connectivity index (χ1n) is 6.37. The molecule has 0 aromatic heterocycles. The van der Waals surface area contributed by atoms with Crippen LogP contribution < -0.4 is 5.32 Å². The van der Waals surface area contributed by atoms with Gasteiger partial charge in [-0.05, 0) is 37.8 Å². The number of benzene rings is 1. The molecule has 18 heavy (non-hydrogen) atoms. The fraction of sp³-hybridized carbons (Fsp3) is 0.429. The van der Waals surface area contributed by atoms with Crippen molar-refractivity contribution in [2.75, 3.05) is 0 Å². The number of nitrogens with zero attached hydrogens (tertiary/aromatic N) is 1. The molecule has 0 amide bonds. The summed E-state index contributed by atoms with van der Waals surface area (Å²) in [6.07, 6.45) is 5.66. The molecule has 1 aliphatic carbocycles. The molecule has 4 heteroatoms. The zero-order chi connectivity index (χ0) is 12.6. The molecular weight excluding hydrogens is 247 g/mol. The van der Waals surface area contributed by atoms with Crippen molar-refractivity contribution in [1.29, 1.82) is 0 Å². The van der Waals surface area contributed by atoms with Crippen LogP contribution in [-0.2, 0) is 0 Å². The second-order valence-corrected chi connectivity index (χ2v) is 5.43. The van der Waals surface area contributed by atoms with Crippen molar-refractivity contribution in [2.24, 2.45) is 4.99 Å². The van der Waals surface area contributed by atoms with Gasteiger partial charge in [-0.25, -0.2) is 4.39 Å². The van der Waals surface area contributed by atoms with Crippen LogP contribution in [0.2, 0.25) is 0 Å². The number of halogens is 1. The van der Waals surface area contributed by atoms with Gasteiger partial charge in [0.2, 0.25) is 0 Å². The standard InChI is InChI=1S/C14H15FN2S/c15-11-6-4-5-10(9-11)12-13(18)17-14(16-12)7-2-1-3-8-14/h4-6,9H,1-3,7-8H2,(H,17,18). The molecule has 0 unspecified atom stereocenters. The lowest BCUT2D eigenvalue weighted by Gasteiger charge is -2.30. The van der Waals surface area contributed by atoms with Gasteiger partial charge < -0.3 is 5.32 Å². The molecule has 94 valence electrons. The van der Waals surface area contributed by atoms with Gasteiger partial charge in [0.05, 0.1) is 0 Å². The highest BCUT2D eigenvalue weighted by molar-refractivity contribution is 7.82. The Labute approximate surface area is 111 Å². The fourth-order valence-electron chi connectivity index (χ4n) is 2.77. The Balaban J connectivity index is 1.96. The van der Waals surface area contributed by atoms with Crippen LogP contribution in [0.1, 0.15) is 37.7 Å². The van der Waals surface area contributed by atoms with E-state index in [9.17, 15) is 4.39 Å². The van der Waals surface area contributed by atoms with Crippen LogP contribution in [0.25, 0.3) is 0 Å². The number of thiocarbonyl (C=S) groups is 1. The molecule has 0 atom stereocenters. The summed E-state index contributed by atoms with van der Waals surface area (Å²) in [6.45, 7) is 0. The second-order valence-electron chi connectivity index (χ2n) is 5.02. The lowest BCUT2D eigenvalue weighted by molar-refractivity contribution is 0.286. The van der Waals surface area contributed by atoms with Gasteiger partial charge in [0.15, 0.2) is 0 Å². The summed E-state index contributed by atoms with van der Waals surface area (Å²) in [5.41, 5.74) is 1.30. The maximum absolute atomic E-state index is 13.3. The van der Waals surface area contributed by atoms with E-state index >= 15 is 0 Å². The zero-order valence-corrected chi connectivity index (χ0v) is 10.9. The smallest absolute Gasteiger partial charge is 0.131 e. The molecule has 1 saturated carbocycles. The van der Waals surface area contributed by atoms with E-state index in [0.717, 1.165) is 24.1 Å². The molecule has 1 aliphatic heterocycles. The molecule has 1 fully saturated rings. The quantitative estimate of drug-likeness (QED) is 0.786. The minimum absolute atomic E-state index is 0.211. The molecule has 1 N–H and O–H groups in total. The number of aliphatic imine (C=N–C) groups is 1. The van der Waals surface area contributed by atoms with Crippen LogP contribution in [0.3, 0.4) is 0 Å². The van der Waals surface area contributed by atoms with Crippen LogP contribution in [0.4, 0.5) is 4.39 Å². The molecule has 2 nitrogen and oxygen atoms in total. The lowest BCUT2D eigenvalue weighted by Crippen LogP contribution is -2.43. The van der Waals surface area contributed by atoms with Crippen molar-refractivity contribution in [3.05, 3.63) is 35.6 Å². The average Bonchev–Trinajstić information content (AvgIpc) is 2.67. The van der Waals surface area contributed by atoms with Crippen molar-refractivity contribution in [1.82, 2.24) is 5.32 Å². The predicted molar refractivity (Wildman–Crippen MR) is 74.5 cm³/mol. The number of rotatable bonds is 1. The van der Waals surface area contributed by atoms with Crippen LogP contribution in [0, 0.1) is 5.82 Å². The van der Waals surface area contributed by atoms with Gasteiger partial charge in [0.25, 0.3) is 0 Å². The van der Waals surface area contributed by atoms with Gasteiger partial charge in [0, 0.05) is 5.56 Å². The molecule has 0 radical (unpaired) electrons. The van der Waals surface area contributed by atoms with E-state index in [1.165, 1.54) is 31.4 Å². The Bertz CT molecular complexity index is 518. The van der Waals surface area contributed by atoms with E-state index in [2.05, 4.69) is 5.32 Å². The van der Waals surface area contributed by atoms with Gasteiger partial charge in [-0.1, -0.05) is 30.8 Å². The highest BCUT2D eigenvalue weighted by Crippen LogP contribution is 2.33. The van der Waals surface area contributed by atoms with Crippen molar-refractivity contribution < 1.29 is 4.39 Å². The Hall–Kier alpha value is -1.29. The fourth-order valence-corrected chi connectivity index (χ4v) is 3.12. The molecule has 1 aromatic carbocycles. The van der Waals surface area contributed by atoms with E-state index in [-0.39, 0.29) is 11.5 Å². The summed E-state index contributed by atoms with van der Waals surface area (Å²) >= 11 is 5.35. The second kappa shape index (κ2) is 4.43. The van der Waals surface area contributed by atoms with Gasteiger partial charge in [0.1, 0.15) is 22.2 Å². The van der Waals surface area contributed by atoms with Crippen LogP contribution >= 0.6 is 12.2 Å². The van der Waals surface area contributed by atoms with Crippen molar-refractivity contribution in [3.8, 4) is 0 Å². The summed E-state index contributed by atoms with van der Waals surface area (Å²) in [5, 5.41) is 3.34. The van der Waals surface area contributed by atoms with E-state index in [1.807, 2.05) is 6.07 Å². The van der Waals surface area contributed by atoms with E-state index < -0.39 is 0 Å². The largest absolute Gasteiger partial charge is 0.351 e. The van der Waals surface area contributed by atoms with E-state index in [0.29, 0.717) is 4.99 Å². The number of hydrogen-bond donors (Lipinski definition) is 1. The third-order valence-electron chi connectivity index (χ3n) is 3.67. The molecule has 0 saturated heterocycles. The van der Waals surface area contributed by atoms with Crippen LogP contribution in [0.5, 0.6) is 0 Å². The minimum Gasteiger partial charge on any atom is -0.351 e. The Morgan fingerprint density at radius 3 is 2.72 bits per heavy atom. The molecule has 1 spiro atoms. The first-order chi connectivity index (χ1) is 8.69. The SMILES string of the molecule is Fc1cccc(C2=NC3(CCCCC3)NC2=S)c1. The molecule has 2 aliphatic rings. The first kappa shape index (κ1) is 11.8. The summed E-state index contributed by atoms with van der Waals surface area (Å²) in [4.78, 5) is 5.42. The maximum atomic E-state index is 13.3. The normalized spacial score (nSPS) is 21.8. The van der Waals surface area contributed by atoms with Crippen molar-refractivity contribution >= 4 is 22.9 Å². The molecule has 1 aromatic rings. The molecule has 1 heterocycles. The monoisotopic (exact) mass is 262 g/mol. The zero-order valence-electron chi connectivity index (χ0n) is 10.1. The van der Waals surface area contributed by atoms with Gasteiger partial charge in [-0.2, -0.15) is 0 Å². The highest BCUT2D eigenvalue weighted by Gasteiger charge is 2.38. The number of hydrogen-bond acceptors (Lipinski definition) is 2. The summed E-state index contributed by atoms with van der Waals surface area (Å²) in [7, 11) is 0. The van der Waals surface area contributed by atoms with Crippen LogP contribution in [0.15, 0.2) is 29.3 Å². The highest BCUT2D eigenvalue weighted by atomic mass is 32.1. The number of nitrogens with one attached hydrogen (secondary N) is 1. The third kappa shape index (κ3) is 2.05. The van der Waals surface area contributed by atoms with E-state index in [4.69, 9.17) is 17.2 Å². The van der Waals surface area contributed by atoms with Gasteiger partial charge in [-0.3, -0.25) is 4.99 Å². The average molecular weight is 262 g/mol. The molecular formula is C14H15FN2S. The molecule has 0 bridgehead atoms. The van der Waals surface area contributed by atoms with E-state index in [1.54, 1.807) is 6.07 Å². The minimum atomic E-state index is -0.248. The first-order valence-corrected chi connectivity index (χ1v) is 6.78.